The van der Waals surface area contributed by atoms with Crippen molar-refractivity contribution in [1.82, 2.24) is 0 Å². The molecular formula is C14H10BrCl2NO2. The molecule has 0 unspecified atom stereocenters. The molecule has 0 bridgehead atoms. The Labute approximate surface area is 134 Å². The number of ether oxygens (including phenoxy) is 1. The summed E-state index contributed by atoms with van der Waals surface area (Å²) in [5.41, 5.74) is 6.82. The minimum Gasteiger partial charge on any atom is -0.457 e. The van der Waals surface area contributed by atoms with Crippen molar-refractivity contribution in [3.63, 3.8) is 0 Å². The first-order chi connectivity index (χ1) is 9.49. The lowest BCUT2D eigenvalue weighted by atomic mass is 10.2. The molecule has 2 N–H and O–H groups in total. The quantitative estimate of drug-likeness (QED) is 0.626. The number of hydrogen-bond acceptors (Lipinski definition) is 3. The summed E-state index contributed by atoms with van der Waals surface area (Å²) < 4.78 is 6.11. The minimum atomic E-state index is -0.602. The van der Waals surface area contributed by atoms with E-state index in [9.17, 15) is 4.79 Å². The van der Waals surface area contributed by atoms with Crippen molar-refractivity contribution in [3.8, 4) is 0 Å². The van der Waals surface area contributed by atoms with Crippen molar-refractivity contribution in [2.45, 2.75) is 6.61 Å². The van der Waals surface area contributed by atoms with Crippen molar-refractivity contribution < 1.29 is 9.53 Å². The molecule has 0 heterocycles. The molecule has 0 aliphatic carbocycles. The summed E-state index contributed by atoms with van der Waals surface area (Å²) in [6.07, 6.45) is 0. The average molecular weight is 375 g/mol. The minimum absolute atomic E-state index is 0.0918. The smallest absolute Gasteiger partial charge is 0.342 e. The van der Waals surface area contributed by atoms with Crippen molar-refractivity contribution in [2.24, 2.45) is 0 Å². The Hall–Kier alpha value is -1.23. The van der Waals surface area contributed by atoms with Crippen LogP contribution in [0.3, 0.4) is 0 Å². The normalized spacial score (nSPS) is 10.3. The van der Waals surface area contributed by atoms with Gasteiger partial charge in [-0.15, -0.1) is 0 Å². The maximum Gasteiger partial charge on any atom is 0.342 e. The number of rotatable bonds is 3. The van der Waals surface area contributed by atoms with E-state index < -0.39 is 5.97 Å². The number of halogens is 3. The van der Waals surface area contributed by atoms with E-state index in [0.717, 1.165) is 10.0 Å². The molecular weight excluding hydrogens is 365 g/mol. The number of nitrogen functional groups attached to an aromatic ring is 1. The Bertz CT molecular complexity index is 662. The third-order valence-electron chi connectivity index (χ3n) is 2.60. The lowest BCUT2D eigenvalue weighted by molar-refractivity contribution is 0.0474. The van der Waals surface area contributed by atoms with Crippen LogP contribution in [0.4, 0.5) is 5.69 Å². The highest BCUT2D eigenvalue weighted by Gasteiger charge is 2.18. The van der Waals surface area contributed by atoms with Crippen molar-refractivity contribution >= 4 is 50.8 Å². The van der Waals surface area contributed by atoms with Crippen LogP contribution in [0.2, 0.25) is 10.0 Å². The number of carbonyl (C=O) groups is 1. The highest BCUT2D eigenvalue weighted by Crippen LogP contribution is 2.30. The van der Waals surface area contributed by atoms with Gasteiger partial charge in [0.2, 0.25) is 0 Å². The third-order valence-corrected chi connectivity index (χ3v) is 3.74. The third kappa shape index (κ3) is 3.45. The van der Waals surface area contributed by atoms with E-state index in [1.165, 1.54) is 12.1 Å². The Balaban J connectivity index is 2.15. The summed E-state index contributed by atoms with van der Waals surface area (Å²) in [7, 11) is 0. The Kier molecular flexibility index (Phi) is 4.91. The van der Waals surface area contributed by atoms with Crippen LogP contribution in [0, 0.1) is 0 Å². The molecule has 104 valence electrons. The molecule has 0 fully saturated rings. The van der Waals surface area contributed by atoms with Gasteiger partial charge < -0.3 is 10.5 Å². The van der Waals surface area contributed by atoms with Crippen molar-refractivity contribution in [2.75, 3.05) is 5.73 Å². The van der Waals surface area contributed by atoms with Crippen LogP contribution in [0.25, 0.3) is 0 Å². The number of esters is 1. The van der Waals surface area contributed by atoms with Crippen LogP contribution in [-0.2, 0) is 11.3 Å². The van der Waals surface area contributed by atoms with Gasteiger partial charge in [0, 0.05) is 4.47 Å². The predicted octanol–water partition coefficient (Wildman–Crippen LogP) is 4.70. The van der Waals surface area contributed by atoms with Gasteiger partial charge in [-0.2, -0.15) is 0 Å². The summed E-state index contributed by atoms with van der Waals surface area (Å²) in [5, 5.41) is 0.481. The molecule has 3 nitrogen and oxygen atoms in total. The van der Waals surface area contributed by atoms with Crippen LogP contribution in [0.1, 0.15) is 15.9 Å². The Morgan fingerprint density at radius 2 is 1.90 bits per heavy atom. The molecule has 2 aromatic carbocycles. The van der Waals surface area contributed by atoms with Gasteiger partial charge >= 0.3 is 5.97 Å². The van der Waals surface area contributed by atoms with Crippen molar-refractivity contribution in [1.29, 1.82) is 0 Å². The van der Waals surface area contributed by atoms with Crippen molar-refractivity contribution in [3.05, 3.63) is 62.0 Å². The summed E-state index contributed by atoms with van der Waals surface area (Å²) >= 11 is 15.2. The Morgan fingerprint density at radius 3 is 2.60 bits per heavy atom. The largest absolute Gasteiger partial charge is 0.457 e. The van der Waals surface area contributed by atoms with Gasteiger partial charge in [-0.3, -0.25) is 0 Å². The molecule has 0 aliphatic rings. The van der Waals surface area contributed by atoms with Gasteiger partial charge in [0.1, 0.15) is 12.2 Å². The van der Waals surface area contributed by atoms with E-state index in [0.29, 0.717) is 0 Å². The van der Waals surface area contributed by atoms with E-state index in [4.69, 9.17) is 33.7 Å². The lowest BCUT2D eigenvalue weighted by Gasteiger charge is -2.10. The summed E-state index contributed by atoms with van der Waals surface area (Å²) in [4.78, 5) is 12.0. The fourth-order valence-electron chi connectivity index (χ4n) is 1.62. The molecule has 0 aliphatic heterocycles. The zero-order valence-corrected chi connectivity index (χ0v) is 13.3. The number of benzene rings is 2. The number of anilines is 1. The van der Waals surface area contributed by atoms with E-state index in [2.05, 4.69) is 15.9 Å². The molecule has 20 heavy (non-hydrogen) atoms. The van der Waals surface area contributed by atoms with Crippen LogP contribution >= 0.6 is 39.1 Å². The molecule has 0 saturated carbocycles. The zero-order chi connectivity index (χ0) is 14.7. The van der Waals surface area contributed by atoms with Crippen LogP contribution in [0.15, 0.2) is 40.9 Å². The molecule has 6 heteroatoms. The van der Waals surface area contributed by atoms with Gasteiger partial charge in [0.15, 0.2) is 0 Å². The molecule has 0 saturated heterocycles. The van der Waals surface area contributed by atoms with Gasteiger partial charge in [-0.05, 0) is 29.8 Å². The number of carbonyl (C=O) groups excluding carboxylic acids is 1. The zero-order valence-electron chi connectivity index (χ0n) is 10.2. The van der Waals surface area contributed by atoms with E-state index in [-0.39, 0.29) is 27.9 Å². The second-order valence-electron chi connectivity index (χ2n) is 4.02. The van der Waals surface area contributed by atoms with E-state index >= 15 is 0 Å². The van der Waals surface area contributed by atoms with Crippen LogP contribution in [0.5, 0.6) is 0 Å². The lowest BCUT2D eigenvalue weighted by Crippen LogP contribution is -2.09. The fourth-order valence-corrected chi connectivity index (χ4v) is 2.47. The van der Waals surface area contributed by atoms with Gasteiger partial charge in [0.25, 0.3) is 0 Å². The predicted molar refractivity (Wildman–Crippen MR) is 84.1 cm³/mol. The second kappa shape index (κ2) is 6.48. The Morgan fingerprint density at radius 1 is 1.20 bits per heavy atom. The molecule has 2 rings (SSSR count). The molecule has 0 amide bonds. The average Bonchev–Trinajstić information content (AvgIpc) is 2.41. The second-order valence-corrected chi connectivity index (χ2v) is 5.75. The fraction of sp³-hybridized carbons (Fsp3) is 0.0714. The SMILES string of the molecule is Nc1c(Cl)ccc(Cl)c1C(=O)OCc1cccc(Br)c1. The summed E-state index contributed by atoms with van der Waals surface area (Å²) in [6, 6.07) is 10.5. The van der Waals surface area contributed by atoms with Gasteiger partial charge in [-0.25, -0.2) is 4.79 Å². The standard InChI is InChI=1S/C14H10BrCl2NO2/c15-9-3-1-2-8(6-9)7-20-14(19)12-10(16)4-5-11(17)13(12)18/h1-6H,7,18H2. The molecule has 0 radical (unpaired) electrons. The molecule has 2 aromatic rings. The first-order valence-corrected chi connectivity index (χ1v) is 7.19. The number of nitrogens with two attached hydrogens (primary N) is 1. The monoisotopic (exact) mass is 373 g/mol. The number of hydrogen-bond donors (Lipinski definition) is 1. The van der Waals surface area contributed by atoms with Gasteiger partial charge in [-0.1, -0.05) is 51.3 Å². The first kappa shape index (κ1) is 15.2. The highest BCUT2D eigenvalue weighted by atomic mass is 79.9. The maximum absolute atomic E-state index is 12.0. The van der Waals surface area contributed by atoms with Crippen LogP contribution < -0.4 is 5.73 Å². The summed E-state index contributed by atoms with van der Waals surface area (Å²) in [6.45, 7) is 0.126. The maximum atomic E-state index is 12.0. The van der Waals surface area contributed by atoms with E-state index in [1.54, 1.807) is 0 Å². The van der Waals surface area contributed by atoms with E-state index in [1.807, 2.05) is 24.3 Å². The summed E-state index contributed by atoms with van der Waals surface area (Å²) in [5.74, 6) is -0.602. The van der Waals surface area contributed by atoms with Gasteiger partial charge in [0.05, 0.1) is 15.7 Å². The first-order valence-electron chi connectivity index (χ1n) is 5.64. The molecule has 0 aromatic heterocycles. The molecule has 0 spiro atoms. The highest BCUT2D eigenvalue weighted by molar-refractivity contribution is 9.10. The van der Waals surface area contributed by atoms with Crippen LogP contribution in [-0.4, -0.2) is 5.97 Å². The topological polar surface area (TPSA) is 52.3 Å². The molecule has 0 atom stereocenters.